The SMILES string of the molecule is COc1ccc(S(=O)(=O)Nc2ccc(Br)cc2OCc2ccccc2)cc1. The fourth-order valence-corrected chi connectivity index (χ4v) is 3.80. The van der Waals surface area contributed by atoms with Crippen LogP contribution in [-0.4, -0.2) is 15.5 Å². The third-order valence-electron chi connectivity index (χ3n) is 3.79. The molecule has 3 aromatic carbocycles. The molecular formula is C20H18BrNO4S. The topological polar surface area (TPSA) is 64.6 Å². The number of rotatable bonds is 7. The molecule has 0 saturated carbocycles. The van der Waals surface area contributed by atoms with Gasteiger partial charge in [0.1, 0.15) is 18.1 Å². The van der Waals surface area contributed by atoms with Gasteiger partial charge in [0.25, 0.3) is 10.0 Å². The van der Waals surface area contributed by atoms with E-state index in [1.54, 1.807) is 30.3 Å². The molecular weight excluding hydrogens is 430 g/mol. The van der Waals surface area contributed by atoms with E-state index in [1.807, 2.05) is 30.3 Å². The maximum atomic E-state index is 12.7. The van der Waals surface area contributed by atoms with E-state index in [-0.39, 0.29) is 4.90 Å². The van der Waals surface area contributed by atoms with Gasteiger partial charge in [0.15, 0.2) is 0 Å². The first kappa shape index (κ1) is 19.3. The van der Waals surface area contributed by atoms with Gasteiger partial charge in [0.2, 0.25) is 0 Å². The van der Waals surface area contributed by atoms with Gasteiger partial charge in [-0.2, -0.15) is 0 Å². The smallest absolute Gasteiger partial charge is 0.262 e. The Hall–Kier alpha value is -2.51. The predicted octanol–water partition coefficient (Wildman–Crippen LogP) is 4.84. The summed E-state index contributed by atoms with van der Waals surface area (Å²) in [6.45, 7) is 0.328. The lowest BCUT2D eigenvalue weighted by Gasteiger charge is -2.14. The van der Waals surface area contributed by atoms with Crippen LogP contribution in [0.2, 0.25) is 0 Å². The second-order valence-electron chi connectivity index (χ2n) is 5.70. The Kier molecular flexibility index (Phi) is 6.03. The molecule has 0 unspecified atom stereocenters. The Bertz CT molecular complexity index is 1010. The molecule has 0 bridgehead atoms. The number of benzene rings is 3. The van der Waals surface area contributed by atoms with Gasteiger partial charge < -0.3 is 9.47 Å². The van der Waals surface area contributed by atoms with Gasteiger partial charge >= 0.3 is 0 Å². The van der Waals surface area contributed by atoms with E-state index in [4.69, 9.17) is 9.47 Å². The first-order valence-corrected chi connectivity index (χ1v) is 10.4. The maximum Gasteiger partial charge on any atom is 0.262 e. The highest BCUT2D eigenvalue weighted by molar-refractivity contribution is 9.10. The van der Waals surface area contributed by atoms with Crippen molar-refractivity contribution in [3.05, 3.63) is 82.8 Å². The second kappa shape index (κ2) is 8.45. The standard InChI is InChI=1S/C20H18BrNO4S/c1-25-17-8-10-18(11-9-17)27(23,24)22-19-12-7-16(21)13-20(19)26-14-15-5-3-2-4-6-15/h2-13,22H,14H2,1H3. The molecule has 0 spiro atoms. The summed E-state index contributed by atoms with van der Waals surface area (Å²) in [5.74, 6) is 1.02. The van der Waals surface area contributed by atoms with Gasteiger partial charge in [0, 0.05) is 4.47 Å². The summed E-state index contributed by atoms with van der Waals surface area (Å²) >= 11 is 3.39. The molecule has 140 valence electrons. The van der Waals surface area contributed by atoms with Crippen LogP contribution in [0.3, 0.4) is 0 Å². The summed E-state index contributed by atoms with van der Waals surface area (Å²) in [6, 6.07) is 21.0. The lowest BCUT2D eigenvalue weighted by Crippen LogP contribution is -2.14. The molecule has 0 aliphatic heterocycles. The molecule has 0 aliphatic carbocycles. The highest BCUT2D eigenvalue weighted by Crippen LogP contribution is 2.31. The molecule has 0 amide bonds. The quantitative estimate of drug-likeness (QED) is 0.562. The molecule has 0 radical (unpaired) electrons. The largest absolute Gasteiger partial charge is 0.497 e. The van der Waals surface area contributed by atoms with E-state index in [2.05, 4.69) is 20.7 Å². The van der Waals surface area contributed by atoms with Gasteiger partial charge in [0.05, 0.1) is 17.7 Å². The Morgan fingerprint density at radius 2 is 1.67 bits per heavy atom. The van der Waals surface area contributed by atoms with Crippen molar-refractivity contribution in [3.8, 4) is 11.5 Å². The zero-order valence-corrected chi connectivity index (χ0v) is 17.0. The lowest BCUT2D eigenvalue weighted by molar-refractivity contribution is 0.308. The van der Waals surface area contributed by atoms with Gasteiger partial charge in [-0.15, -0.1) is 0 Å². The minimum atomic E-state index is -3.76. The Morgan fingerprint density at radius 1 is 0.963 bits per heavy atom. The van der Waals surface area contributed by atoms with E-state index in [0.29, 0.717) is 23.8 Å². The number of methoxy groups -OCH3 is 1. The van der Waals surface area contributed by atoms with Crippen LogP contribution in [0, 0.1) is 0 Å². The van der Waals surface area contributed by atoms with Gasteiger partial charge in [-0.1, -0.05) is 46.3 Å². The third-order valence-corrected chi connectivity index (χ3v) is 5.67. The molecule has 0 aliphatic rings. The fraction of sp³-hybridized carbons (Fsp3) is 0.100. The van der Waals surface area contributed by atoms with Crippen molar-refractivity contribution in [2.75, 3.05) is 11.8 Å². The molecule has 0 aromatic heterocycles. The number of hydrogen-bond donors (Lipinski definition) is 1. The average molecular weight is 448 g/mol. The summed E-state index contributed by atoms with van der Waals surface area (Å²) in [6.07, 6.45) is 0. The Balaban J connectivity index is 1.83. The van der Waals surface area contributed by atoms with Crippen molar-refractivity contribution in [2.24, 2.45) is 0 Å². The monoisotopic (exact) mass is 447 g/mol. The number of halogens is 1. The maximum absolute atomic E-state index is 12.7. The molecule has 0 fully saturated rings. The molecule has 7 heteroatoms. The van der Waals surface area contributed by atoms with Crippen LogP contribution in [0.1, 0.15) is 5.56 Å². The van der Waals surface area contributed by atoms with Gasteiger partial charge in [-0.25, -0.2) is 8.42 Å². The molecule has 1 N–H and O–H groups in total. The highest BCUT2D eigenvalue weighted by atomic mass is 79.9. The fourth-order valence-electron chi connectivity index (χ4n) is 2.39. The van der Waals surface area contributed by atoms with Crippen LogP contribution in [0.4, 0.5) is 5.69 Å². The van der Waals surface area contributed by atoms with Crippen molar-refractivity contribution in [1.29, 1.82) is 0 Å². The van der Waals surface area contributed by atoms with Crippen LogP contribution in [0.5, 0.6) is 11.5 Å². The highest BCUT2D eigenvalue weighted by Gasteiger charge is 2.17. The van der Waals surface area contributed by atoms with Crippen LogP contribution in [-0.2, 0) is 16.6 Å². The van der Waals surface area contributed by atoms with Crippen molar-refractivity contribution >= 4 is 31.6 Å². The Labute approximate surface area is 167 Å². The van der Waals surface area contributed by atoms with E-state index in [1.165, 1.54) is 19.2 Å². The third kappa shape index (κ3) is 5.02. The van der Waals surface area contributed by atoms with Crippen LogP contribution in [0.15, 0.2) is 82.2 Å². The first-order valence-electron chi connectivity index (χ1n) is 8.11. The number of hydrogen-bond acceptors (Lipinski definition) is 4. The second-order valence-corrected chi connectivity index (χ2v) is 8.29. The number of sulfonamides is 1. The molecule has 0 atom stereocenters. The van der Waals surface area contributed by atoms with Crippen molar-refractivity contribution < 1.29 is 17.9 Å². The minimum Gasteiger partial charge on any atom is -0.497 e. The molecule has 3 rings (SSSR count). The zero-order chi connectivity index (χ0) is 19.3. The van der Waals surface area contributed by atoms with Crippen molar-refractivity contribution in [3.63, 3.8) is 0 Å². The molecule has 3 aromatic rings. The molecule has 0 heterocycles. The summed E-state index contributed by atoms with van der Waals surface area (Å²) < 4.78 is 39.7. The normalized spacial score (nSPS) is 11.0. The summed E-state index contributed by atoms with van der Waals surface area (Å²) in [4.78, 5) is 0.139. The number of anilines is 1. The molecule has 5 nitrogen and oxygen atoms in total. The van der Waals surface area contributed by atoms with Crippen LogP contribution in [0.25, 0.3) is 0 Å². The summed E-state index contributed by atoms with van der Waals surface area (Å²) in [5, 5.41) is 0. The zero-order valence-electron chi connectivity index (χ0n) is 14.6. The van der Waals surface area contributed by atoms with Crippen LogP contribution >= 0.6 is 15.9 Å². The van der Waals surface area contributed by atoms with E-state index in [0.717, 1.165) is 10.0 Å². The predicted molar refractivity (Wildman–Crippen MR) is 109 cm³/mol. The van der Waals surface area contributed by atoms with E-state index >= 15 is 0 Å². The van der Waals surface area contributed by atoms with Crippen molar-refractivity contribution in [2.45, 2.75) is 11.5 Å². The Morgan fingerprint density at radius 3 is 2.33 bits per heavy atom. The molecule has 27 heavy (non-hydrogen) atoms. The first-order chi connectivity index (χ1) is 13.0. The van der Waals surface area contributed by atoms with Gasteiger partial charge in [-0.05, 0) is 48.0 Å². The summed E-state index contributed by atoms with van der Waals surface area (Å²) in [7, 11) is -2.23. The van der Waals surface area contributed by atoms with E-state index in [9.17, 15) is 8.42 Å². The minimum absolute atomic E-state index is 0.139. The van der Waals surface area contributed by atoms with Crippen molar-refractivity contribution in [1.82, 2.24) is 0 Å². The number of ether oxygens (including phenoxy) is 2. The number of nitrogens with one attached hydrogen (secondary N) is 1. The lowest BCUT2D eigenvalue weighted by atomic mass is 10.2. The average Bonchev–Trinajstić information content (AvgIpc) is 2.69. The van der Waals surface area contributed by atoms with Crippen LogP contribution < -0.4 is 14.2 Å². The summed E-state index contributed by atoms with van der Waals surface area (Å²) in [5.41, 5.74) is 1.35. The van der Waals surface area contributed by atoms with Gasteiger partial charge in [-0.3, -0.25) is 4.72 Å². The molecule has 0 saturated heterocycles. The van der Waals surface area contributed by atoms with E-state index < -0.39 is 10.0 Å².